The minimum Gasteiger partial charge on any atom is -0.466 e. The Labute approximate surface area is 91.3 Å². The third-order valence-electron chi connectivity index (χ3n) is 2.07. The third-order valence-corrected chi connectivity index (χ3v) is 2.07. The molecule has 0 radical (unpaired) electrons. The Morgan fingerprint density at radius 2 is 2.13 bits per heavy atom. The maximum Gasteiger partial charge on any atom is 0.333 e. The number of ether oxygens (including phenoxy) is 1. The lowest BCUT2D eigenvalue weighted by atomic mass is 10.2. The van der Waals surface area contributed by atoms with E-state index in [0.29, 0.717) is 12.1 Å². The van der Waals surface area contributed by atoms with E-state index in [9.17, 15) is 4.79 Å². The predicted octanol–water partition coefficient (Wildman–Crippen LogP) is 0.858. The zero-order valence-electron chi connectivity index (χ0n) is 9.58. The van der Waals surface area contributed by atoms with Crippen LogP contribution in [-0.2, 0) is 9.53 Å². The van der Waals surface area contributed by atoms with Crippen LogP contribution < -0.4 is 5.32 Å². The maximum atomic E-state index is 11.0. The molecule has 0 atom stereocenters. The largest absolute Gasteiger partial charge is 0.466 e. The van der Waals surface area contributed by atoms with Gasteiger partial charge in [0.05, 0.1) is 7.11 Å². The molecule has 0 saturated carbocycles. The molecule has 15 heavy (non-hydrogen) atoms. The molecule has 0 aliphatic heterocycles. The van der Waals surface area contributed by atoms with Gasteiger partial charge in [0.1, 0.15) is 0 Å². The van der Waals surface area contributed by atoms with Crippen LogP contribution in [0.15, 0.2) is 11.6 Å². The molecule has 0 spiro atoms. The molecular weight excluding hydrogens is 194 g/mol. The van der Waals surface area contributed by atoms with Gasteiger partial charge >= 0.3 is 5.97 Å². The molecule has 0 heterocycles. The molecule has 0 aliphatic carbocycles. The highest BCUT2D eigenvalue weighted by molar-refractivity contribution is 5.87. The lowest BCUT2D eigenvalue weighted by Gasteiger charge is -2.02. The number of carbonyl (C=O) groups is 1. The van der Waals surface area contributed by atoms with E-state index >= 15 is 0 Å². The Balaban J connectivity index is 3.40. The minimum atomic E-state index is -0.280. The van der Waals surface area contributed by atoms with Crippen LogP contribution in [0.25, 0.3) is 0 Å². The Morgan fingerprint density at radius 3 is 2.73 bits per heavy atom. The molecule has 0 aromatic rings. The molecule has 0 aromatic carbocycles. The highest BCUT2D eigenvalue weighted by Crippen LogP contribution is 1.94. The molecule has 0 saturated heterocycles. The van der Waals surface area contributed by atoms with Crippen molar-refractivity contribution in [2.24, 2.45) is 0 Å². The molecule has 4 nitrogen and oxygen atoms in total. The Bertz CT molecular complexity index is 202. The number of methoxy groups -OCH3 is 1. The summed E-state index contributed by atoms with van der Waals surface area (Å²) in [6.45, 7) is 3.59. The summed E-state index contributed by atoms with van der Waals surface area (Å²) in [7, 11) is 1.38. The van der Waals surface area contributed by atoms with E-state index in [1.807, 2.05) is 6.08 Å². The van der Waals surface area contributed by atoms with Gasteiger partial charge in [0.2, 0.25) is 0 Å². The monoisotopic (exact) mass is 215 g/mol. The van der Waals surface area contributed by atoms with Gasteiger partial charge in [-0.25, -0.2) is 4.79 Å². The van der Waals surface area contributed by atoms with Gasteiger partial charge in [-0.2, -0.15) is 0 Å². The molecule has 0 fully saturated rings. The van der Waals surface area contributed by atoms with Crippen LogP contribution >= 0.6 is 0 Å². The van der Waals surface area contributed by atoms with Crippen molar-refractivity contribution in [1.82, 2.24) is 5.32 Å². The normalized spacial score (nSPS) is 11.5. The van der Waals surface area contributed by atoms with E-state index in [1.54, 1.807) is 6.92 Å². The second-order valence-corrected chi connectivity index (χ2v) is 3.37. The van der Waals surface area contributed by atoms with Crippen molar-refractivity contribution in [1.29, 1.82) is 0 Å². The first-order valence-corrected chi connectivity index (χ1v) is 5.29. The first-order valence-electron chi connectivity index (χ1n) is 5.29. The molecule has 4 heteroatoms. The highest BCUT2D eigenvalue weighted by atomic mass is 16.5. The average molecular weight is 215 g/mol. The van der Waals surface area contributed by atoms with Crippen LogP contribution in [0.3, 0.4) is 0 Å². The lowest BCUT2D eigenvalue weighted by Crippen LogP contribution is -2.16. The van der Waals surface area contributed by atoms with E-state index in [2.05, 4.69) is 10.1 Å². The molecule has 0 bridgehead atoms. The zero-order valence-corrected chi connectivity index (χ0v) is 9.58. The Kier molecular flexibility index (Phi) is 9.11. The summed E-state index contributed by atoms with van der Waals surface area (Å²) in [5.41, 5.74) is 0.625. The summed E-state index contributed by atoms with van der Waals surface area (Å²) in [5.74, 6) is -0.280. The number of hydrogen-bond donors (Lipinski definition) is 2. The van der Waals surface area contributed by atoms with Crippen LogP contribution in [0.4, 0.5) is 0 Å². The van der Waals surface area contributed by atoms with Gasteiger partial charge in [-0.3, -0.25) is 0 Å². The molecule has 0 amide bonds. The number of rotatable bonds is 8. The van der Waals surface area contributed by atoms with Gasteiger partial charge in [-0.1, -0.05) is 6.08 Å². The fourth-order valence-corrected chi connectivity index (χ4v) is 1.11. The van der Waals surface area contributed by atoms with Crippen LogP contribution in [0, 0.1) is 0 Å². The summed E-state index contributed by atoms with van der Waals surface area (Å²) in [6.07, 6.45) is 4.76. The van der Waals surface area contributed by atoms with E-state index < -0.39 is 0 Å². The van der Waals surface area contributed by atoms with Crippen molar-refractivity contribution < 1.29 is 14.6 Å². The minimum absolute atomic E-state index is 0.265. The molecule has 0 aromatic heterocycles. The summed E-state index contributed by atoms with van der Waals surface area (Å²) in [5, 5.41) is 11.7. The van der Waals surface area contributed by atoms with Crippen molar-refractivity contribution in [2.45, 2.75) is 26.2 Å². The SMILES string of the molecule is COC(=O)C(C)=CCNCCCCCO. The molecule has 2 N–H and O–H groups in total. The van der Waals surface area contributed by atoms with Gasteiger partial charge in [0.25, 0.3) is 0 Å². The van der Waals surface area contributed by atoms with Crippen molar-refractivity contribution in [3.8, 4) is 0 Å². The van der Waals surface area contributed by atoms with E-state index in [-0.39, 0.29) is 12.6 Å². The molecule has 0 unspecified atom stereocenters. The van der Waals surface area contributed by atoms with Crippen molar-refractivity contribution >= 4 is 5.97 Å². The number of aliphatic hydroxyl groups excluding tert-OH is 1. The van der Waals surface area contributed by atoms with Gasteiger partial charge in [0, 0.05) is 18.7 Å². The fraction of sp³-hybridized carbons (Fsp3) is 0.727. The number of nitrogens with one attached hydrogen (secondary N) is 1. The second kappa shape index (κ2) is 9.68. The molecule has 0 aliphatic rings. The lowest BCUT2D eigenvalue weighted by molar-refractivity contribution is -0.136. The maximum absolute atomic E-state index is 11.0. The summed E-state index contributed by atoms with van der Waals surface area (Å²) >= 11 is 0. The Hall–Kier alpha value is -0.870. The summed E-state index contributed by atoms with van der Waals surface area (Å²) in [4.78, 5) is 11.0. The second-order valence-electron chi connectivity index (χ2n) is 3.37. The van der Waals surface area contributed by atoms with Gasteiger partial charge in [-0.15, -0.1) is 0 Å². The zero-order chi connectivity index (χ0) is 11.5. The first kappa shape index (κ1) is 14.1. The highest BCUT2D eigenvalue weighted by Gasteiger charge is 2.00. The van der Waals surface area contributed by atoms with Crippen LogP contribution in [0.1, 0.15) is 26.2 Å². The molecular formula is C11H21NO3. The third kappa shape index (κ3) is 8.15. The molecule has 0 rings (SSSR count). The first-order chi connectivity index (χ1) is 7.22. The van der Waals surface area contributed by atoms with Crippen molar-refractivity contribution in [2.75, 3.05) is 26.8 Å². The van der Waals surface area contributed by atoms with E-state index in [0.717, 1.165) is 25.8 Å². The number of carbonyl (C=O) groups excluding carboxylic acids is 1. The standard InChI is InChI=1S/C11H21NO3/c1-10(11(14)15-2)6-8-12-7-4-3-5-9-13/h6,12-13H,3-5,7-9H2,1-2H3. The number of aliphatic hydroxyl groups is 1. The van der Waals surface area contributed by atoms with Crippen molar-refractivity contribution in [3.63, 3.8) is 0 Å². The average Bonchev–Trinajstić information content (AvgIpc) is 2.26. The fourth-order valence-electron chi connectivity index (χ4n) is 1.11. The van der Waals surface area contributed by atoms with Crippen LogP contribution in [0.5, 0.6) is 0 Å². The quantitative estimate of drug-likeness (QED) is 0.358. The predicted molar refractivity (Wildman–Crippen MR) is 59.6 cm³/mol. The van der Waals surface area contributed by atoms with Crippen molar-refractivity contribution in [3.05, 3.63) is 11.6 Å². The summed E-state index contributed by atoms with van der Waals surface area (Å²) < 4.78 is 4.56. The Morgan fingerprint density at radius 1 is 1.40 bits per heavy atom. The van der Waals surface area contributed by atoms with E-state index in [1.165, 1.54) is 7.11 Å². The van der Waals surface area contributed by atoms with Gasteiger partial charge in [-0.05, 0) is 32.7 Å². The summed E-state index contributed by atoms with van der Waals surface area (Å²) in [6, 6.07) is 0. The number of hydrogen-bond acceptors (Lipinski definition) is 4. The number of esters is 1. The smallest absolute Gasteiger partial charge is 0.333 e. The molecule has 88 valence electrons. The van der Waals surface area contributed by atoms with Gasteiger partial charge < -0.3 is 15.2 Å². The van der Waals surface area contributed by atoms with Crippen LogP contribution in [-0.4, -0.2) is 37.9 Å². The van der Waals surface area contributed by atoms with E-state index in [4.69, 9.17) is 5.11 Å². The topological polar surface area (TPSA) is 58.6 Å². The number of unbranched alkanes of at least 4 members (excludes halogenated alkanes) is 2. The van der Waals surface area contributed by atoms with Gasteiger partial charge in [0.15, 0.2) is 0 Å². The van der Waals surface area contributed by atoms with Crippen LogP contribution in [0.2, 0.25) is 0 Å².